The molecule has 1 aliphatic carbocycles. The predicted molar refractivity (Wildman–Crippen MR) is 48.6 cm³/mol. The predicted octanol–water partition coefficient (Wildman–Crippen LogP) is 3.18. The van der Waals surface area contributed by atoms with Gasteiger partial charge in [0.2, 0.25) is 0 Å². The maximum absolute atomic E-state index is 11.0. The van der Waals surface area contributed by atoms with Gasteiger partial charge >= 0.3 is 0 Å². The van der Waals surface area contributed by atoms with E-state index in [2.05, 4.69) is 6.92 Å². The number of carbonyl (C=O) groups is 1. The van der Waals surface area contributed by atoms with Crippen LogP contribution in [0.3, 0.4) is 0 Å². The van der Waals surface area contributed by atoms with E-state index >= 15 is 0 Å². The Hall–Kier alpha value is -0.330. The highest BCUT2D eigenvalue weighted by molar-refractivity contribution is 5.82. The van der Waals surface area contributed by atoms with Crippen molar-refractivity contribution in [3.63, 3.8) is 0 Å². The molecule has 1 nitrogen and oxygen atoms in total. The Kier molecular flexibility index (Phi) is 4.39. The fourth-order valence-corrected chi connectivity index (χ4v) is 1.51. The van der Waals surface area contributed by atoms with E-state index in [-0.39, 0.29) is 5.41 Å². The summed E-state index contributed by atoms with van der Waals surface area (Å²) in [6.45, 7) is 7.80. The molecule has 0 N–H and O–H groups in total. The lowest BCUT2D eigenvalue weighted by atomic mass is 9.85. The Balaban J connectivity index is 0.000000461. The Morgan fingerprint density at radius 2 is 1.55 bits per heavy atom. The first-order valence-corrected chi connectivity index (χ1v) is 4.66. The van der Waals surface area contributed by atoms with Crippen molar-refractivity contribution in [3.8, 4) is 0 Å². The number of ketones is 1. The van der Waals surface area contributed by atoms with Gasteiger partial charge in [-0.2, -0.15) is 0 Å². The van der Waals surface area contributed by atoms with E-state index < -0.39 is 0 Å². The molecule has 1 heteroatoms. The lowest BCUT2D eigenvalue weighted by Gasteiger charge is -2.18. The van der Waals surface area contributed by atoms with Crippen LogP contribution in [0, 0.1) is 5.41 Å². The van der Waals surface area contributed by atoms with Crippen LogP contribution >= 0.6 is 0 Å². The lowest BCUT2D eigenvalue weighted by Crippen LogP contribution is -2.20. The average Bonchev–Trinajstić information content (AvgIpc) is 2.42. The smallest absolute Gasteiger partial charge is 0.135 e. The van der Waals surface area contributed by atoms with Crippen LogP contribution in [0.1, 0.15) is 53.4 Å². The SMILES string of the molecule is CC.CC(=O)C1(C)CCCC1. The molecule has 0 saturated heterocycles. The second kappa shape index (κ2) is 4.53. The lowest BCUT2D eigenvalue weighted by molar-refractivity contribution is -0.125. The number of hydrogen-bond donors (Lipinski definition) is 0. The molecule has 0 radical (unpaired) electrons. The molecule has 0 amide bonds. The molecule has 1 fully saturated rings. The van der Waals surface area contributed by atoms with Crippen molar-refractivity contribution in [2.24, 2.45) is 5.41 Å². The first-order valence-electron chi connectivity index (χ1n) is 4.66. The minimum absolute atomic E-state index is 0.0556. The molecule has 1 aliphatic rings. The molecule has 0 bridgehead atoms. The van der Waals surface area contributed by atoms with Crippen LogP contribution in [0.2, 0.25) is 0 Å². The van der Waals surface area contributed by atoms with Gasteiger partial charge in [0.05, 0.1) is 0 Å². The fourth-order valence-electron chi connectivity index (χ4n) is 1.51. The van der Waals surface area contributed by atoms with Crippen molar-refractivity contribution in [2.45, 2.75) is 53.4 Å². The molecular weight excluding hydrogens is 136 g/mol. The second-order valence-corrected chi connectivity index (χ2v) is 3.32. The zero-order valence-electron chi connectivity index (χ0n) is 8.24. The summed E-state index contributed by atoms with van der Waals surface area (Å²) in [5.41, 5.74) is 0.0556. The van der Waals surface area contributed by atoms with Crippen LogP contribution in [0.15, 0.2) is 0 Å². The zero-order chi connectivity index (χ0) is 8.91. The second-order valence-electron chi connectivity index (χ2n) is 3.32. The van der Waals surface area contributed by atoms with Crippen molar-refractivity contribution in [1.82, 2.24) is 0 Å². The van der Waals surface area contributed by atoms with Crippen molar-refractivity contribution in [1.29, 1.82) is 0 Å². The van der Waals surface area contributed by atoms with E-state index in [1.165, 1.54) is 12.8 Å². The highest BCUT2D eigenvalue weighted by Crippen LogP contribution is 2.37. The number of rotatable bonds is 1. The summed E-state index contributed by atoms with van der Waals surface area (Å²) in [5.74, 6) is 0.375. The summed E-state index contributed by atoms with van der Waals surface area (Å²) in [7, 11) is 0. The van der Waals surface area contributed by atoms with Crippen LogP contribution in [0.25, 0.3) is 0 Å². The molecule has 0 atom stereocenters. The van der Waals surface area contributed by atoms with Crippen molar-refractivity contribution < 1.29 is 4.79 Å². The standard InChI is InChI=1S/C8H14O.C2H6/c1-7(9)8(2)5-3-4-6-8;1-2/h3-6H2,1-2H3;1-2H3. The van der Waals surface area contributed by atoms with Crippen molar-refractivity contribution >= 4 is 5.78 Å². The first kappa shape index (κ1) is 10.7. The summed E-state index contributed by atoms with van der Waals surface area (Å²) in [5, 5.41) is 0. The summed E-state index contributed by atoms with van der Waals surface area (Å²) in [6, 6.07) is 0. The summed E-state index contributed by atoms with van der Waals surface area (Å²) in [4.78, 5) is 11.0. The van der Waals surface area contributed by atoms with Gasteiger partial charge in [-0.3, -0.25) is 4.79 Å². The van der Waals surface area contributed by atoms with Crippen LogP contribution in [-0.4, -0.2) is 5.78 Å². The normalized spacial score (nSPS) is 20.4. The number of Topliss-reactive ketones (excluding diaryl/α,β-unsaturated/α-hetero) is 1. The quantitative estimate of drug-likeness (QED) is 0.570. The Labute approximate surface area is 70.2 Å². The molecule has 0 aromatic carbocycles. The van der Waals surface area contributed by atoms with Crippen LogP contribution in [0.4, 0.5) is 0 Å². The monoisotopic (exact) mass is 156 g/mol. The number of hydrogen-bond acceptors (Lipinski definition) is 1. The third-order valence-corrected chi connectivity index (χ3v) is 2.56. The molecule has 1 saturated carbocycles. The fraction of sp³-hybridized carbons (Fsp3) is 0.900. The topological polar surface area (TPSA) is 17.1 Å². The van der Waals surface area contributed by atoms with E-state index in [0.717, 1.165) is 12.8 Å². The first-order chi connectivity index (χ1) is 5.15. The van der Waals surface area contributed by atoms with Gasteiger partial charge in [0.15, 0.2) is 0 Å². The van der Waals surface area contributed by atoms with E-state index in [1.54, 1.807) is 6.92 Å². The largest absolute Gasteiger partial charge is 0.299 e. The summed E-state index contributed by atoms with van der Waals surface area (Å²) >= 11 is 0. The molecule has 0 unspecified atom stereocenters. The van der Waals surface area contributed by atoms with Crippen LogP contribution < -0.4 is 0 Å². The highest BCUT2D eigenvalue weighted by atomic mass is 16.1. The van der Waals surface area contributed by atoms with Gasteiger partial charge in [-0.25, -0.2) is 0 Å². The van der Waals surface area contributed by atoms with E-state index in [9.17, 15) is 4.79 Å². The summed E-state index contributed by atoms with van der Waals surface area (Å²) in [6.07, 6.45) is 4.72. The zero-order valence-corrected chi connectivity index (χ0v) is 8.24. The Morgan fingerprint density at radius 3 is 1.73 bits per heavy atom. The third-order valence-electron chi connectivity index (χ3n) is 2.56. The van der Waals surface area contributed by atoms with Gasteiger partial charge < -0.3 is 0 Å². The minimum Gasteiger partial charge on any atom is -0.299 e. The number of carbonyl (C=O) groups excluding carboxylic acids is 1. The van der Waals surface area contributed by atoms with Gasteiger partial charge in [0, 0.05) is 5.41 Å². The Bertz CT molecular complexity index is 121. The third kappa shape index (κ3) is 2.64. The molecule has 0 aromatic heterocycles. The Morgan fingerprint density at radius 1 is 1.18 bits per heavy atom. The van der Waals surface area contributed by atoms with E-state index in [4.69, 9.17) is 0 Å². The molecule has 1 rings (SSSR count). The van der Waals surface area contributed by atoms with Crippen molar-refractivity contribution in [3.05, 3.63) is 0 Å². The van der Waals surface area contributed by atoms with E-state index in [0.29, 0.717) is 5.78 Å². The van der Waals surface area contributed by atoms with Gasteiger partial charge in [0.1, 0.15) is 5.78 Å². The maximum atomic E-state index is 11.0. The van der Waals surface area contributed by atoms with Gasteiger partial charge in [-0.15, -0.1) is 0 Å². The molecule has 66 valence electrons. The van der Waals surface area contributed by atoms with Gasteiger partial charge in [-0.05, 0) is 19.8 Å². The highest BCUT2D eigenvalue weighted by Gasteiger charge is 2.32. The molecule has 0 heterocycles. The minimum atomic E-state index is 0.0556. The van der Waals surface area contributed by atoms with Gasteiger partial charge in [0.25, 0.3) is 0 Å². The van der Waals surface area contributed by atoms with Gasteiger partial charge in [-0.1, -0.05) is 33.6 Å². The average molecular weight is 156 g/mol. The van der Waals surface area contributed by atoms with Crippen molar-refractivity contribution in [2.75, 3.05) is 0 Å². The van der Waals surface area contributed by atoms with E-state index in [1.807, 2.05) is 13.8 Å². The molecule has 0 spiro atoms. The maximum Gasteiger partial charge on any atom is 0.135 e. The molecule has 0 aliphatic heterocycles. The molecule has 0 aromatic rings. The molecular formula is C10H20O. The van der Waals surface area contributed by atoms with Crippen LogP contribution in [-0.2, 0) is 4.79 Å². The summed E-state index contributed by atoms with van der Waals surface area (Å²) < 4.78 is 0. The van der Waals surface area contributed by atoms with Crippen LogP contribution in [0.5, 0.6) is 0 Å². The molecule has 11 heavy (non-hydrogen) atoms.